The van der Waals surface area contributed by atoms with Crippen LogP contribution in [0.2, 0.25) is 0 Å². The Hall–Kier alpha value is -0.900. The molecule has 1 saturated heterocycles. The molecule has 2 N–H and O–H groups in total. The Kier molecular flexibility index (Phi) is 3.37. The SMILES string of the molecule is Cc1ccccc1C1C(CN)OCCN1C1CC1. The predicted octanol–water partition coefficient (Wildman–Crippen LogP) is 1.86. The highest BCUT2D eigenvalue weighted by molar-refractivity contribution is 5.30. The van der Waals surface area contributed by atoms with E-state index in [1.807, 2.05) is 0 Å². The van der Waals surface area contributed by atoms with Gasteiger partial charge in [-0.15, -0.1) is 0 Å². The Balaban J connectivity index is 1.94. The van der Waals surface area contributed by atoms with Crippen LogP contribution in [-0.2, 0) is 4.74 Å². The lowest BCUT2D eigenvalue weighted by atomic mass is 9.94. The molecule has 98 valence electrons. The van der Waals surface area contributed by atoms with Crippen molar-refractivity contribution in [3.63, 3.8) is 0 Å². The standard InChI is InChI=1S/C15H22N2O/c1-11-4-2-3-5-13(11)15-14(10-16)18-9-8-17(15)12-6-7-12/h2-5,12,14-15H,6-10,16H2,1H3. The number of hydrogen-bond donors (Lipinski definition) is 1. The van der Waals surface area contributed by atoms with Crippen molar-refractivity contribution < 1.29 is 4.74 Å². The first-order chi connectivity index (χ1) is 8.81. The number of hydrogen-bond acceptors (Lipinski definition) is 3. The first kappa shape index (κ1) is 12.2. The van der Waals surface area contributed by atoms with E-state index in [1.165, 1.54) is 24.0 Å². The van der Waals surface area contributed by atoms with Gasteiger partial charge in [0.1, 0.15) is 0 Å². The van der Waals surface area contributed by atoms with Gasteiger partial charge in [-0.1, -0.05) is 24.3 Å². The Bertz CT molecular complexity index is 417. The molecular weight excluding hydrogens is 224 g/mol. The van der Waals surface area contributed by atoms with Gasteiger partial charge in [-0.25, -0.2) is 0 Å². The van der Waals surface area contributed by atoms with Crippen LogP contribution in [0.3, 0.4) is 0 Å². The maximum Gasteiger partial charge on any atom is 0.0894 e. The molecule has 0 bridgehead atoms. The molecule has 0 spiro atoms. The van der Waals surface area contributed by atoms with Gasteiger partial charge in [0.15, 0.2) is 0 Å². The first-order valence-electron chi connectivity index (χ1n) is 6.94. The third-order valence-electron chi connectivity index (χ3n) is 4.15. The van der Waals surface area contributed by atoms with Gasteiger partial charge in [0.25, 0.3) is 0 Å². The maximum absolute atomic E-state index is 5.91. The highest BCUT2D eigenvalue weighted by atomic mass is 16.5. The van der Waals surface area contributed by atoms with Crippen LogP contribution in [0.25, 0.3) is 0 Å². The molecule has 1 heterocycles. The van der Waals surface area contributed by atoms with Crippen LogP contribution in [0, 0.1) is 6.92 Å². The summed E-state index contributed by atoms with van der Waals surface area (Å²) >= 11 is 0. The molecule has 3 heteroatoms. The fraction of sp³-hybridized carbons (Fsp3) is 0.600. The summed E-state index contributed by atoms with van der Waals surface area (Å²) in [7, 11) is 0. The van der Waals surface area contributed by atoms with E-state index < -0.39 is 0 Å². The fourth-order valence-electron chi connectivity index (χ4n) is 3.06. The molecule has 1 aliphatic carbocycles. The lowest BCUT2D eigenvalue weighted by Crippen LogP contribution is -2.49. The zero-order valence-corrected chi connectivity index (χ0v) is 11.0. The van der Waals surface area contributed by atoms with Crippen LogP contribution in [-0.4, -0.2) is 36.7 Å². The molecule has 2 aliphatic rings. The minimum Gasteiger partial charge on any atom is -0.374 e. The van der Waals surface area contributed by atoms with Crippen molar-refractivity contribution in [1.82, 2.24) is 4.90 Å². The van der Waals surface area contributed by atoms with Crippen molar-refractivity contribution in [3.8, 4) is 0 Å². The van der Waals surface area contributed by atoms with E-state index in [0.717, 1.165) is 19.2 Å². The second-order valence-corrected chi connectivity index (χ2v) is 5.42. The van der Waals surface area contributed by atoms with Gasteiger partial charge >= 0.3 is 0 Å². The number of morpholine rings is 1. The van der Waals surface area contributed by atoms with E-state index in [0.29, 0.717) is 12.6 Å². The summed E-state index contributed by atoms with van der Waals surface area (Å²) in [5.41, 5.74) is 8.65. The Labute approximate surface area is 109 Å². The summed E-state index contributed by atoms with van der Waals surface area (Å²) in [6.45, 7) is 4.64. The molecule has 2 fully saturated rings. The minimum atomic E-state index is 0.139. The van der Waals surface area contributed by atoms with Crippen molar-refractivity contribution in [2.24, 2.45) is 5.73 Å². The van der Waals surface area contributed by atoms with Crippen LogP contribution in [0.15, 0.2) is 24.3 Å². The zero-order chi connectivity index (χ0) is 12.5. The van der Waals surface area contributed by atoms with Gasteiger partial charge in [-0.05, 0) is 30.9 Å². The molecule has 3 rings (SSSR count). The summed E-state index contributed by atoms with van der Waals surface area (Å²) in [4.78, 5) is 2.61. The highest BCUT2D eigenvalue weighted by Gasteiger charge is 2.41. The number of nitrogens with two attached hydrogens (primary N) is 1. The summed E-state index contributed by atoms with van der Waals surface area (Å²) in [6, 6.07) is 9.73. The highest BCUT2D eigenvalue weighted by Crippen LogP contribution is 2.39. The smallest absolute Gasteiger partial charge is 0.0894 e. The average molecular weight is 246 g/mol. The molecule has 2 atom stereocenters. The predicted molar refractivity (Wildman–Crippen MR) is 72.4 cm³/mol. The van der Waals surface area contributed by atoms with Crippen molar-refractivity contribution in [3.05, 3.63) is 35.4 Å². The third-order valence-corrected chi connectivity index (χ3v) is 4.15. The van der Waals surface area contributed by atoms with E-state index >= 15 is 0 Å². The third kappa shape index (κ3) is 2.18. The Morgan fingerprint density at radius 1 is 1.33 bits per heavy atom. The van der Waals surface area contributed by atoms with Crippen molar-refractivity contribution >= 4 is 0 Å². The van der Waals surface area contributed by atoms with Crippen LogP contribution >= 0.6 is 0 Å². The summed E-state index contributed by atoms with van der Waals surface area (Å²) in [6.07, 6.45) is 2.81. The number of nitrogens with zero attached hydrogens (tertiary/aromatic N) is 1. The molecule has 18 heavy (non-hydrogen) atoms. The summed E-state index contributed by atoms with van der Waals surface area (Å²) in [5, 5.41) is 0. The molecule has 1 aliphatic heterocycles. The van der Waals surface area contributed by atoms with Gasteiger partial charge in [0.05, 0.1) is 18.8 Å². The molecule has 1 saturated carbocycles. The fourth-order valence-corrected chi connectivity index (χ4v) is 3.06. The number of rotatable bonds is 3. The summed E-state index contributed by atoms with van der Waals surface area (Å²) in [5.74, 6) is 0. The molecule has 3 nitrogen and oxygen atoms in total. The van der Waals surface area contributed by atoms with E-state index in [2.05, 4.69) is 36.1 Å². The minimum absolute atomic E-state index is 0.139. The summed E-state index contributed by atoms with van der Waals surface area (Å²) < 4.78 is 5.89. The quantitative estimate of drug-likeness (QED) is 0.884. The van der Waals surface area contributed by atoms with Crippen LogP contribution in [0.5, 0.6) is 0 Å². The topological polar surface area (TPSA) is 38.5 Å². The molecule has 2 unspecified atom stereocenters. The van der Waals surface area contributed by atoms with Crippen LogP contribution < -0.4 is 5.73 Å². The molecule has 0 radical (unpaired) electrons. The van der Waals surface area contributed by atoms with Crippen molar-refractivity contribution in [2.75, 3.05) is 19.7 Å². The van der Waals surface area contributed by atoms with E-state index in [9.17, 15) is 0 Å². The zero-order valence-electron chi connectivity index (χ0n) is 11.0. The molecule has 0 aromatic heterocycles. The van der Waals surface area contributed by atoms with Gasteiger partial charge in [0.2, 0.25) is 0 Å². The van der Waals surface area contributed by atoms with E-state index in [-0.39, 0.29) is 6.10 Å². The average Bonchev–Trinajstić information content (AvgIpc) is 3.23. The van der Waals surface area contributed by atoms with Gasteiger partial charge in [-0.3, -0.25) is 4.90 Å². The van der Waals surface area contributed by atoms with E-state index in [1.54, 1.807) is 0 Å². The Morgan fingerprint density at radius 2 is 2.11 bits per heavy atom. The van der Waals surface area contributed by atoms with Crippen LogP contribution in [0.4, 0.5) is 0 Å². The van der Waals surface area contributed by atoms with Crippen molar-refractivity contribution in [1.29, 1.82) is 0 Å². The van der Waals surface area contributed by atoms with E-state index in [4.69, 9.17) is 10.5 Å². The normalized spacial score (nSPS) is 29.4. The van der Waals surface area contributed by atoms with Crippen molar-refractivity contribution in [2.45, 2.75) is 38.0 Å². The van der Waals surface area contributed by atoms with Gasteiger partial charge in [0, 0.05) is 19.1 Å². The molecule has 0 amide bonds. The molecular formula is C15H22N2O. The van der Waals surface area contributed by atoms with Gasteiger partial charge in [-0.2, -0.15) is 0 Å². The number of ether oxygens (including phenoxy) is 1. The second kappa shape index (κ2) is 5.00. The largest absolute Gasteiger partial charge is 0.374 e. The van der Waals surface area contributed by atoms with Gasteiger partial charge < -0.3 is 10.5 Å². The maximum atomic E-state index is 5.91. The lowest BCUT2D eigenvalue weighted by Gasteiger charge is -2.42. The monoisotopic (exact) mass is 246 g/mol. The Morgan fingerprint density at radius 3 is 2.78 bits per heavy atom. The number of aryl methyl sites for hydroxylation is 1. The first-order valence-corrected chi connectivity index (χ1v) is 6.94. The number of benzene rings is 1. The second-order valence-electron chi connectivity index (χ2n) is 5.42. The molecule has 1 aromatic rings. The van der Waals surface area contributed by atoms with Crippen LogP contribution in [0.1, 0.15) is 30.0 Å². The lowest BCUT2D eigenvalue weighted by molar-refractivity contribution is -0.0714. The molecule has 1 aromatic carbocycles.